The highest BCUT2D eigenvalue weighted by molar-refractivity contribution is 9.10. The molecule has 12 heteroatoms. The molecule has 0 amide bonds. The van der Waals surface area contributed by atoms with Crippen molar-refractivity contribution in [2.45, 2.75) is 44.6 Å². The number of methoxy groups -OCH3 is 1. The van der Waals surface area contributed by atoms with E-state index in [1.807, 2.05) is 0 Å². The molecule has 1 aliphatic heterocycles. The van der Waals surface area contributed by atoms with Crippen LogP contribution in [0.5, 0.6) is 0 Å². The van der Waals surface area contributed by atoms with Gasteiger partial charge in [0.2, 0.25) is 0 Å². The topological polar surface area (TPSA) is 124 Å². The van der Waals surface area contributed by atoms with Crippen LogP contribution >= 0.6 is 31.9 Å². The van der Waals surface area contributed by atoms with Gasteiger partial charge in [-0.05, 0) is 48.5 Å². The number of halogens is 2. The van der Waals surface area contributed by atoms with Crippen molar-refractivity contribution in [3.8, 4) is 0 Å². The van der Waals surface area contributed by atoms with Crippen molar-refractivity contribution >= 4 is 55.7 Å². The fraction of sp³-hybridized carbons (Fsp3) is 0.360. The molecule has 2 aromatic carbocycles. The maximum Gasteiger partial charge on any atom is 0.338 e. The van der Waals surface area contributed by atoms with Crippen LogP contribution in [0.2, 0.25) is 0 Å². The summed E-state index contributed by atoms with van der Waals surface area (Å²) in [6.07, 6.45) is -6.27. The first-order valence-electron chi connectivity index (χ1n) is 11.0. The molecule has 0 unspecified atom stereocenters. The Morgan fingerprint density at radius 2 is 1.22 bits per heavy atom. The van der Waals surface area contributed by atoms with E-state index in [4.69, 9.17) is 28.4 Å². The Morgan fingerprint density at radius 1 is 0.730 bits per heavy atom. The smallest absolute Gasteiger partial charge is 0.338 e. The van der Waals surface area contributed by atoms with Crippen LogP contribution in [-0.4, -0.2) is 68.3 Å². The molecule has 1 aliphatic rings. The van der Waals surface area contributed by atoms with E-state index >= 15 is 0 Å². The van der Waals surface area contributed by atoms with Crippen LogP contribution in [0.4, 0.5) is 0 Å². The van der Waals surface area contributed by atoms with Gasteiger partial charge in [-0.25, -0.2) is 9.59 Å². The zero-order valence-corrected chi connectivity index (χ0v) is 23.2. The van der Waals surface area contributed by atoms with Gasteiger partial charge in [-0.3, -0.25) is 9.59 Å². The average molecular weight is 644 g/mol. The summed E-state index contributed by atoms with van der Waals surface area (Å²) in [7, 11) is 1.30. The van der Waals surface area contributed by atoms with E-state index in [0.717, 1.165) is 22.8 Å². The SMILES string of the molecule is CO[C@@H]1O[C@H](COC(=O)c2ccc(Br)cc2)[C@H](OC(=O)c2ccc(Br)cc2)[C@H](OC(C)=O)[C@H]1OC(C)=O. The van der Waals surface area contributed by atoms with E-state index in [-0.39, 0.29) is 11.1 Å². The average Bonchev–Trinajstić information content (AvgIpc) is 2.85. The summed E-state index contributed by atoms with van der Waals surface area (Å²) in [5.74, 6) is -2.85. The molecule has 198 valence electrons. The van der Waals surface area contributed by atoms with E-state index < -0.39 is 61.2 Å². The highest BCUT2D eigenvalue weighted by Crippen LogP contribution is 2.30. The largest absolute Gasteiger partial charge is 0.459 e. The minimum absolute atomic E-state index is 0.202. The molecule has 5 atom stereocenters. The van der Waals surface area contributed by atoms with Gasteiger partial charge < -0.3 is 28.4 Å². The lowest BCUT2D eigenvalue weighted by Crippen LogP contribution is -2.62. The van der Waals surface area contributed by atoms with Gasteiger partial charge >= 0.3 is 23.9 Å². The number of benzene rings is 2. The monoisotopic (exact) mass is 642 g/mol. The molecule has 0 saturated carbocycles. The minimum atomic E-state index is -1.33. The normalized spacial score (nSPS) is 23.0. The Bertz CT molecular complexity index is 1120. The molecule has 10 nitrogen and oxygen atoms in total. The number of esters is 4. The molecule has 0 N–H and O–H groups in total. The fourth-order valence-corrected chi connectivity index (χ4v) is 4.12. The summed E-state index contributed by atoms with van der Waals surface area (Å²) in [6, 6.07) is 12.8. The van der Waals surface area contributed by atoms with Crippen LogP contribution in [0.25, 0.3) is 0 Å². The van der Waals surface area contributed by atoms with E-state index in [1.54, 1.807) is 36.4 Å². The van der Waals surface area contributed by atoms with Crippen molar-refractivity contribution in [1.82, 2.24) is 0 Å². The van der Waals surface area contributed by atoms with Crippen LogP contribution in [0.1, 0.15) is 34.6 Å². The van der Waals surface area contributed by atoms with Crippen molar-refractivity contribution in [1.29, 1.82) is 0 Å². The molecular formula is C25H24Br2O10. The third-order valence-corrected chi connectivity index (χ3v) is 6.27. The van der Waals surface area contributed by atoms with Crippen molar-refractivity contribution in [3.05, 3.63) is 68.6 Å². The Kier molecular flexibility index (Phi) is 10.2. The number of carbonyl (C=O) groups is 4. The lowest BCUT2D eigenvalue weighted by Gasteiger charge is -2.43. The predicted molar refractivity (Wildman–Crippen MR) is 135 cm³/mol. The van der Waals surface area contributed by atoms with Gasteiger partial charge in [-0.1, -0.05) is 31.9 Å². The first kappa shape index (κ1) is 28.8. The maximum atomic E-state index is 13.0. The summed E-state index contributed by atoms with van der Waals surface area (Å²) in [6.45, 7) is 1.92. The highest BCUT2D eigenvalue weighted by atomic mass is 79.9. The molecule has 3 rings (SSSR count). The number of rotatable bonds is 8. The Labute approximate surface area is 229 Å². The molecule has 37 heavy (non-hydrogen) atoms. The van der Waals surface area contributed by atoms with Gasteiger partial charge in [0, 0.05) is 29.9 Å². The summed E-state index contributed by atoms with van der Waals surface area (Å²) < 4.78 is 34.6. The first-order chi connectivity index (χ1) is 17.6. The number of hydrogen-bond donors (Lipinski definition) is 0. The van der Waals surface area contributed by atoms with Gasteiger partial charge in [0.25, 0.3) is 0 Å². The van der Waals surface area contributed by atoms with Gasteiger partial charge in [-0.2, -0.15) is 0 Å². The quantitative estimate of drug-likeness (QED) is 0.310. The minimum Gasteiger partial charge on any atom is -0.459 e. The number of ether oxygens (including phenoxy) is 6. The third kappa shape index (κ3) is 7.84. The number of carbonyl (C=O) groups excluding carboxylic acids is 4. The van der Waals surface area contributed by atoms with Crippen LogP contribution < -0.4 is 0 Å². The Morgan fingerprint density at radius 3 is 1.70 bits per heavy atom. The highest BCUT2D eigenvalue weighted by Gasteiger charge is 2.52. The lowest BCUT2D eigenvalue weighted by atomic mass is 9.98. The Balaban J connectivity index is 1.91. The second-order valence-electron chi connectivity index (χ2n) is 7.91. The second kappa shape index (κ2) is 13.1. The molecule has 1 saturated heterocycles. The second-order valence-corrected chi connectivity index (χ2v) is 9.74. The molecule has 0 radical (unpaired) electrons. The van der Waals surface area contributed by atoms with Crippen molar-refractivity contribution in [2.24, 2.45) is 0 Å². The Hall–Kier alpha value is -2.80. The summed E-state index contributed by atoms with van der Waals surface area (Å²) in [5.41, 5.74) is 0.480. The van der Waals surface area contributed by atoms with Gasteiger partial charge in [0.05, 0.1) is 11.1 Å². The van der Waals surface area contributed by atoms with Crippen molar-refractivity contribution in [3.63, 3.8) is 0 Å². The van der Waals surface area contributed by atoms with Crippen molar-refractivity contribution in [2.75, 3.05) is 13.7 Å². The zero-order chi connectivity index (χ0) is 27.1. The van der Waals surface area contributed by atoms with E-state index in [2.05, 4.69) is 31.9 Å². The zero-order valence-electron chi connectivity index (χ0n) is 20.1. The molecule has 0 aromatic heterocycles. The molecule has 0 bridgehead atoms. The van der Waals surface area contributed by atoms with E-state index in [1.165, 1.54) is 19.2 Å². The van der Waals surface area contributed by atoms with E-state index in [0.29, 0.717) is 0 Å². The third-order valence-electron chi connectivity index (χ3n) is 5.21. The standard InChI is InChI=1S/C25H24Br2O10/c1-13(28)34-21-20(37-24(31)16-6-10-18(27)11-7-16)19(36-25(32-3)22(21)35-14(2)29)12-33-23(30)15-4-8-17(26)9-5-15/h4-11,19-22,25H,12H2,1-3H3/t19-,20+,21+,22-,25-/m1/s1. The number of hydrogen-bond acceptors (Lipinski definition) is 10. The van der Waals surface area contributed by atoms with Crippen molar-refractivity contribution < 1.29 is 47.6 Å². The molecule has 1 heterocycles. The summed E-state index contributed by atoms with van der Waals surface area (Å²) >= 11 is 6.60. The molecule has 0 aliphatic carbocycles. The molecule has 2 aromatic rings. The van der Waals surface area contributed by atoms with E-state index in [9.17, 15) is 19.2 Å². The molecule has 0 spiro atoms. The summed E-state index contributed by atoms with van der Waals surface area (Å²) in [4.78, 5) is 49.4. The first-order valence-corrected chi connectivity index (χ1v) is 12.6. The van der Waals surface area contributed by atoms with Gasteiger partial charge in [-0.15, -0.1) is 0 Å². The maximum absolute atomic E-state index is 13.0. The summed E-state index contributed by atoms with van der Waals surface area (Å²) in [5, 5.41) is 0. The predicted octanol–water partition coefficient (Wildman–Crippen LogP) is 3.83. The van der Waals surface area contributed by atoms with Gasteiger partial charge in [0.1, 0.15) is 12.7 Å². The molecular weight excluding hydrogens is 620 g/mol. The molecule has 1 fully saturated rings. The van der Waals surface area contributed by atoms with Crippen LogP contribution in [0.15, 0.2) is 57.5 Å². The van der Waals surface area contributed by atoms with Gasteiger partial charge in [0.15, 0.2) is 24.6 Å². The van der Waals surface area contributed by atoms with Crippen LogP contribution in [0, 0.1) is 0 Å². The van der Waals surface area contributed by atoms with Crippen LogP contribution in [-0.2, 0) is 38.0 Å². The lowest BCUT2D eigenvalue weighted by molar-refractivity contribution is -0.299. The fourth-order valence-electron chi connectivity index (χ4n) is 3.59. The van der Waals surface area contributed by atoms with Crippen LogP contribution in [0.3, 0.4) is 0 Å².